The molecule has 0 unspecified atom stereocenters. The summed E-state index contributed by atoms with van der Waals surface area (Å²) >= 11 is 5.98. The molecule has 2 rings (SSSR count). The minimum Gasteiger partial charge on any atom is -0.491 e. The lowest BCUT2D eigenvalue weighted by atomic mass is 10.1. The molecule has 0 fully saturated rings. The number of aryl methyl sites for hydroxylation is 2. The van der Waals surface area contributed by atoms with Gasteiger partial charge in [-0.25, -0.2) is 0 Å². The van der Waals surface area contributed by atoms with E-state index < -0.39 is 0 Å². The van der Waals surface area contributed by atoms with E-state index in [1.54, 1.807) is 0 Å². The van der Waals surface area contributed by atoms with Crippen LogP contribution in [0.3, 0.4) is 0 Å². The van der Waals surface area contributed by atoms with Gasteiger partial charge in [0.25, 0.3) is 0 Å². The molecule has 2 nitrogen and oxygen atoms in total. The Bertz CT molecular complexity index is 623. The first-order valence-corrected chi connectivity index (χ1v) is 7.59. The smallest absolute Gasteiger partial charge is 0.120 e. The van der Waals surface area contributed by atoms with Gasteiger partial charge < -0.3 is 10.1 Å². The summed E-state index contributed by atoms with van der Waals surface area (Å²) in [6.07, 6.45) is 0.194. The van der Waals surface area contributed by atoms with E-state index in [0.717, 1.165) is 23.0 Å². The Kier molecular flexibility index (Phi) is 5.13. The van der Waals surface area contributed by atoms with Gasteiger partial charge in [-0.1, -0.05) is 17.7 Å². The largest absolute Gasteiger partial charge is 0.491 e. The third-order valence-electron chi connectivity index (χ3n) is 3.34. The zero-order valence-electron chi connectivity index (χ0n) is 13.0. The molecule has 0 spiro atoms. The normalized spacial score (nSPS) is 10.8. The summed E-state index contributed by atoms with van der Waals surface area (Å²) in [5.74, 6) is 0.913. The number of benzene rings is 2. The molecule has 1 N–H and O–H groups in total. The molecule has 21 heavy (non-hydrogen) atoms. The third kappa shape index (κ3) is 4.40. The molecule has 0 aromatic heterocycles. The van der Waals surface area contributed by atoms with E-state index in [-0.39, 0.29) is 6.10 Å². The van der Waals surface area contributed by atoms with Crippen LogP contribution < -0.4 is 10.1 Å². The number of rotatable bonds is 5. The summed E-state index contributed by atoms with van der Waals surface area (Å²) in [4.78, 5) is 0. The van der Waals surface area contributed by atoms with E-state index in [0.29, 0.717) is 0 Å². The summed E-state index contributed by atoms with van der Waals surface area (Å²) < 4.78 is 5.70. The summed E-state index contributed by atoms with van der Waals surface area (Å²) in [6, 6.07) is 12.1. The van der Waals surface area contributed by atoms with Gasteiger partial charge in [0.15, 0.2) is 0 Å². The van der Waals surface area contributed by atoms with Crippen LogP contribution >= 0.6 is 11.6 Å². The van der Waals surface area contributed by atoms with E-state index in [1.165, 1.54) is 16.7 Å². The van der Waals surface area contributed by atoms with Gasteiger partial charge in [-0.3, -0.25) is 0 Å². The molecule has 0 aliphatic carbocycles. The maximum absolute atomic E-state index is 5.98. The molecule has 0 aliphatic rings. The zero-order chi connectivity index (χ0) is 15.4. The van der Waals surface area contributed by atoms with E-state index >= 15 is 0 Å². The van der Waals surface area contributed by atoms with Crippen molar-refractivity contribution in [3.63, 3.8) is 0 Å². The maximum Gasteiger partial charge on any atom is 0.120 e. The minimum absolute atomic E-state index is 0.194. The summed E-state index contributed by atoms with van der Waals surface area (Å²) in [6.45, 7) is 9.02. The van der Waals surface area contributed by atoms with Gasteiger partial charge in [-0.2, -0.15) is 0 Å². The first-order chi connectivity index (χ1) is 9.95. The molecule has 0 saturated carbocycles. The van der Waals surface area contributed by atoms with Crippen LogP contribution in [0.5, 0.6) is 5.75 Å². The van der Waals surface area contributed by atoms with Gasteiger partial charge in [0.2, 0.25) is 0 Å². The Labute approximate surface area is 132 Å². The Balaban J connectivity index is 2.06. The Morgan fingerprint density at radius 2 is 1.81 bits per heavy atom. The van der Waals surface area contributed by atoms with Crippen molar-refractivity contribution in [2.75, 3.05) is 5.32 Å². The third-order valence-corrected chi connectivity index (χ3v) is 3.58. The van der Waals surface area contributed by atoms with Gasteiger partial charge >= 0.3 is 0 Å². The number of hydrogen-bond acceptors (Lipinski definition) is 2. The quantitative estimate of drug-likeness (QED) is 0.803. The highest BCUT2D eigenvalue weighted by atomic mass is 35.5. The highest BCUT2D eigenvalue weighted by Crippen LogP contribution is 2.23. The fourth-order valence-corrected chi connectivity index (χ4v) is 2.45. The van der Waals surface area contributed by atoms with Crippen LogP contribution in [0.4, 0.5) is 5.69 Å². The fraction of sp³-hybridized carbons (Fsp3) is 0.333. The molecule has 0 saturated heterocycles. The summed E-state index contributed by atoms with van der Waals surface area (Å²) in [5.41, 5.74) is 4.76. The predicted octanol–water partition coefficient (Wildman–Crippen LogP) is 5.36. The predicted molar refractivity (Wildman–Crippen MR) is 90.5 cm³/mol. The van der Waals surface area contributed by atoms with Crippen LogP contribution in [0.25, 0.3) is 0 Å². The topological polar surface area (TPSA) is 21.3 Å². The molecule has 2 aromatic rings. The van der Waals surface area contributed by atoms with Crippen molar-refractivity contribution < 1.29 is 4.74 Å². The minimum atomic E-state index is 0.194. The standard InChI is InChI=1S/C18H22ClNO/c1-12(2)21-17-7-8-18(14(4)10-17)20-11-15-5-6-16(19)9-13(15)3/h5-10,12,20H,11H2,1-4H3. The first-order valence-electron chi connectivity index (χ1n) is 7.22. The second-order valence-electron chi connectivity index (χ2n) is 5.57. The van der Waals surface area contributed by atoms with Crippen molar-refractivity contribution in [1.29, 1.82) is 0 Å². The number of hydrogen-bond donors (Lipinski definition) is 1. The van der Waals surface area contributed by atoms with E-state index in [9.17, 15) is 0 Å². The van der Waals surface area contributed by atoms with Crippen molar-refractivity contribution in [2.24, 2.45) is 0 Å². The highest BCUT2D eigenvalue weighted by molar-refractivity contribution is 6.30. The lowest BCUT2D eigenvalue weighted by Gasteiger charge is -2.14. The van der Waals surface area contributed by atoms with Gasteiger partial charge in [0.1, 0.15) is 5.75 Å². The van der Waals surface area contributed by atoms with Gasteiger partial charge in [0, 0.05) is 17.3 Å². The Morgan fingerprint density at radius 3 is 2.43 bits per heavy atom. The second kappa shape index (κ2) is 6.86. The SMILES string of the molecule is Cc1cc(Cl)ccc1CNc1ccc(OC(C)C)cc1C. The van der Waals surface area contributed by atoms with E-state index in [1.807, 2.05) is 32.0 Å². The van der Waals surface area contributed by atoms with Crippen molar-refractivity contribution in [1.82, 2.24) is 0 Å². The summed E-state index contributed by atoms with van der Waals surface area (Å²) in [7, 11) is 0. The van der Waals surface area contributed by atoms with Gasteiger partial charge in [-0.05, 0) is 74.7 Å². The lowest BCUT2D eigenvalue weighted by molar-refractivity contribution is 0.242. The second-order valence-corrected chi connectivity index (χ2v) is 6.00. The molecule has 112 valence electrons. The van der Waals surface area contributed by atoms with Crippen molar-refractivity contribution in [2.45, 2.75) is 40.3 Å². The van der Waals surface area contributed by atoms with Crippen LogP contribution in [0.2, 0.25) is 5.02 Å². The van der Waals surface area contributed by atoms with Crippen LogP contribution in [0.1, 0.15) is 30.5 Å². The van der Waals surface area contributed by atoms with Crippen LogP contribution in [0.15, 0.2) is 36.4 Å². The van der Waals surface area contributed by atoms with E-state index in [2.05, 4.69) is 37.4 Å². The van der Waals surface area contributed by atoms with Crippen LogP contribution in [-0.2, 0) is 6.54 Å². The van der Waals surface area contributed by atoms with Crippen molar-refractivity contribution in [3.05, 3.63) is 58.1 Å². The van der Waals surface area contributed by atoms with Crippen molar-refractivity contribution >= 4 is 17.3 Å². The molecule has 0 amide bonds. The Morgan fingerprint density at radius 1 is 1.05 bits per heavy atom. The zero-order valence-corrected chi connectivity index (χ0v) is 13.8. The molecular weight excluding hydrogens is 282 g/mol. The number of ether oxygens (including phenoxy) is 1. The number of anilines is 1. The molecule has 0 heterocycles. The molecular formula is C18H22ClNO. The van der Waals surface area contributed by atoms with Crippen molar-refractivity contribution in [3.8, 4) is 5.75 Å². The highest BCUT2D eigenvalue weighted by Gasteiger charge is 2.04. The fourth-order valence-electron chi connectivity index (χ4n) is 2.23. The van der Waals surface area contributed by atoms with Gasteiger partial charge in [0.05, 0.1) is 6.10 Å². The lowest BCUT2D eigenvalue weighted by Crippen LogP contribution is -2.06. The molecule has 0 bridgehead atoms. The monoisotopic (exact) mass is 303 g/mol. The molecule has 2 aromatic carbocycles. The Hall–Kier alpha value is -1.67. The van der Waals surface area contributed by atoms with E-state index in [4.69, 9.17) is 16.3 Å². The maximum atomic E-state index is 5.98. The summed E-state index contributed by atoms with van der Waals surface area (Å²) in [5, 5.41) is 4.25. The molecule has 0 atom stereocenters. The average molecular weight is 304 g/mol. The number of nitrogens with one attached hydrogen (secondary N) is 1. The van der Waals surface area contributed by atoms with Crippen LogP contribution in [0, 0.1) is 13.8 Å². The first kappa shape index (κ1) is 15.7. The average Bonchev–Trinajstić information content (AvgIpc) is 2.39. The van der Waals surface area contributed by atoms with Crippen LogP contribution in [-0.4, -0.2) is 6.10 Å². The number of halogens is 1. The molecule has 3 heteroatoms. The molecule has 0 radical (unpaired) electrons. The van der Waals surface area contributed by atoms with Gasteiger partial charge in [-0.15, -0.1) is 0 Å². The molecule has 0 aliphatic heterocycles.